The van der Waals surface area contributed by atoms with E-state index >= 15 is 0 Å². The lowest BCUT2D eigenvalue weighted by atomic mass is 10.1. The van der Waals surface area contributed by atoms with Crippen LogP contribution in [0.5, 0.6) is 0 Å². The van der Waals surface area contributed by atoms with Crippen LogP contribution in [0.15, 0.2) is 22.9 Å². The fourth-order valence-electron chi connectivity index (χ4n) is 1.05. The van der Waals surface area contributed by atoms with Gasteiger partial charge in [0.25, 0.3) is 0 Å². The average molecular weight is 259 g/mol. The van der Waals surface area contributed by atoms with Gasteiger partial charge in [-0.1, -0.05) is 6.92 Å². The van der Waals surface area contributed by atoms with Crippen molar-refractivity contribution < 1.29 is 5.11 Å². The molecule has 0 saturated heterocycles. The lowest BCUT2D eigenvalue weighted by Gasteiger charge is -2.20. The number of aliphatic hydroxyl groups is 1. The monoisotopic (exact) mass is 258 g/mol. The summed E-state index contributed by atoms with van der Waals surface area (Å²) in [5, 5.41) is 12.3. The number of nitrogens with one attached hydrogen (secondary N) is 1. The molecule has 2 unspecified atom stereocenters. The van der Waals surface area contributed by atoms with Crippen LogP contribution in [0, 0.1) is 5.92 Å². The Labute approximate surface area is 92.7 Å². The minimum Gasteiger partial charge on any atom is -0.396 e. The van der Waals surface area contributed by atoms with Crippen molar-refractivity contribution in [2.24, 2.45) is 5.92 Å². The first-order chi connectivity index (χ1) is 6.63. The molecule has 0 aliphatic heterocycles. The number of rotatable bonds is 4. The van der Waals surface area contributed by atoms with E-state index in [0.29, 0.717) is 0 Å². The Hall–Kier alpha value is -0.610. The average Bonchev–Trinajstić information content (AvgIpc) is 2.16. The van der Waals surface area contributed by atoms with Gasteiger partial charge in [0.15, 0.2) is 0 Å². The summed E-state index contributed by atoms with van der Waals surface area (Å²) in [7, 11) is 0. The molecule has 0 radical (unpaired) electrons. The van der Waals surface area contributed by atoms with E-state index in [1.165, 1.54) is 0 Å². The molecule has 78 valence electrons. The van der Waals surface area contributed by atoms with Crippen molar-refractivity contribution in [2.75, 3.05) is 11.9 Å². The highest BCUT2D eigenvalue weighted by atomic mass is 79.9. The molecule has 0 aromatic carbocycles. The van der Waals surface area contributed by atoms with E-state index in [1.807, 2.05) is 19.9 Å². The van der Waals surface area contributed by atoms with Gasteiger partial charge >= 0.3 is 0 Å². The molecule has 4 heteroatoms. The van der Waals surface area contributed by atoms with Gasteiger partial charge in [0, 0.05) is 23.3 Å². The third kappa shape index (κ3) is 3.27. The van der Waals surface area contributed by atoms with E-state index < -0.39 is 0 Å². The van der Waals surface area contributed by atoms with Crippen LogP contribution in [0.3, 0.4) is 0 Å². The van der Waals surface area contributed by atoms with Crippen molar-refractivity contribution >= 4 is 21.6 Å². The third-order valence-corrected chi connectivity index (χ3v) is 2.67. The van der Waals surface area contributed by atoms with Gasteiger partial charge in [-0.05, 0) is 34.8 Å². The molecule has 3 nitrogen and oxygen atoms in total. The van der Waals surface area contributed by atoms with Crippen molar-refractivity contribution in [1.29, 1.82) is 0 Å². The molecule has 1 heterocycles. The molecule has 0 fully saturated rings. The van der Waals surface area contributed by atoms with Gasteiger partial charge in [-0.25, -0.2) is 0 Å². The van der Waals surface area contributed by atoms with E-state index in [2.05, 4.69) is 26.2 Å². The lowest BCUT2D eigenvalue weighted by molar-refractivity contribution is 0.226. The number of halogens is 1. The summed E-state index contributed by atoms with van der Waals surface area (Å²) in [6.45, 7) is 4.24. The number of pyridine rings is 1. The smallest absolute Gasteiger partial charge is 0.0540 e. The van der Waals surface area contributed by atoms with Crippen molar-refractivity contribution in [3.05, 3.63) is 22.9 Å². The molecule has 0 aliphatic rings. The summed E-state index contributed by atoms with van der Waals surface area (Å²) in [4.78, 5) is 4.05. The Morgan fingerprint density at radius 3 is 2.79 bits per heavy atom. The van der Waals surface area contributed by atoms with Gasteiger partial charge in [-0.3, -0.25) is 4.98 Å². The van der Waals surface area contributed by atoms with Crippen LogP contribution in [0.25, 0.3) is 0 Å². The predicted molar refractivity (Wildman–Crippen MR) is 61.3 cm³/mol. The van der Waals surface area contributed by atoms with Crippen LogP contribution in [0.2, 0.25) is 0 Å². The summed E-state index contributed by atoms with van der Waals surface area (Å²) in [5.74, 6) is 0.231. The van der Waals surface area contributed by atoms with Gasteiger partial charge in [0.05, 0.1) is 11.9 Å². The maximum Gasteiger partial charge on any atom is 0.0540 e. The number of nitrogens with zero attached hydrogens (tertiary/aromatic N) is 1. The molecular formula is C10H15BrN2O. The zero-order valence-electron chi connectivity index (χ0n) is 8.37. The number of hydrogen-bond acceptors (Lipinski definition) is 3. The molecule has 2 N–H and O–H groups in total. The molecule has 0 spiro atoms. The molecule has 2 atom stereocenters. The van der Waals surface area contributed by atoms with E-state index in [1.54, 1.807) is 12.4 Å². The fourth-order valence-corrected chi connectivity index (χ4v) is 1.42. The normalized spacial score (nSPS) is 14.9. The second-order valence-electron chi connectivity index (χ2n) is 3.48. The van der Waals surface area contributed by atoms with Crippen LogP contribution in [0.4, 0.5) is 5.69 Å². The van der Waals surface area contributed by atoms with Crippen molar-refractivity contribution in [3.8, 4) is 0 Å². The second kappa shape index (κ2) is 5.32. The molecule has 0 aliphatic carbocycles. The Bertz CT molecular complexity index is 293. The topological polar surface area (TPSA) is 45.1 Å². The lowest BCUT2D eigenvalue weighted by Crippen LogP contribution is -2.26. The van der Waals surface area contributed by atoms with E-state index in [4.69, 9.17) is 5.11 Å². The highest BCUT2D eigenvalue weighted by Crippen LogP contribution is 2.16. The molecule has 0 saturated carbocycles. The summed E-state index contributed by atoms with van der Waals surface area (Å²) in [5.41, 5.74) is 0.965. The summed E-state index contributed by atoms with van der Waals surface area (Å²) < 4.78 is 0.950. The third-order valence-electron chi connectivity index (χ3n) is 2.24. The van der Waals surface area contributed by atoms with Crippen LogP contribution in [-0.4, -0.2) is 22.7 Å². The van der Waals surface area contributed by atoms with E-state index in [0.717, 1.165) is 10.2 Å². The minimum absolute atomic E-state index is 0.190. The largest absolute Gasteiger partial charge is 0.396 e. The Balaban J connectivity index is 2.60. The second-order valence-corrected chi connectivity index (χ2v) is 4.40. The maximum atomic E-state index is 8.97. The van der Waals surface area contributed by atoms with Crippen molar-refractivity contribution in [2.45, 2.75) is 19.9 Å². The molecule has 0 amide bonds. The molecule has 0 bridgehead atoms. The number of hydrogen-bond donors (Lipinski definition) is 2. The summed E-state index contributed by atoms with van der Waals surface area (Å²) in [6, 6.07) is 2.20. The molecule has 14 heavy (non-hydrogen) atoms. The van der Waals surface area contributed by atoms with Crippen LogP contribution < -0.4 is 5.32 Å². The quantitative estimate of drug-likeness (QED) is 0.871. The molecule has 1 aromatic heterocycles. The Morgan fingerprint density at radius 2 is 2.21 bits per heavy atom. The maximum absolute atomic E-state index is 8.97. The van der Waals surface area contributed by atoms with Crippen molar-refractivity contribution in [3.63, 3.8) is 0 Å². The fraction of sp³-hybridized carbons (Fsp3) is 0.500. The first kappa shape index (κ1) is 11.5. The zero-order valence-corrected chi connectivity index (χ0v) is 9.95. The highest BCUT2D eigenvalue weighted by Gasteiger charge is 2.10. The van der Waals surface area contributed by atoms with E-state index in [9.17, 15) is 0 Å². The molecule has 1 rings (SSSR count). The van der Waals surface area contributed by atoms with Gasteiger partial charge in [0.2, 0.25) is 0 Å². The van der Waals surface area contributed by atoms with Gasteiger partial charge < -0.3 is 10.4 Å². The summed E-state index contributed by atoms with van der Waals surface area (Å²) in [6.07, 6.45) is 3.51. The van der Waals surface area contributed by atoms with Crippen LogP contribution >= 0.6 is 15.9 Å². The minimum atomic E-state index is 0.190. The van der Waals surface area contributed by atoms with Crippen LogP contribution in [-0.2, 0) is 0 Å². The predicted octanol–water partition coefficient (Wildman–Crippen LogP) is 2.27. The van der Waals surface area contributed by atoms with Crippen LogP contribution in [0.1, 0.15) is 13.8 Å². The zero-order chi connectivity index (χ0) is 10.6. The Kier molecular flexibility index (Phi) is 4.35. The number of anilines is 1. The first-order valence-corrected chi connectivity index (χ1v) is 5.40. The SMILES string of the molecule is CC(CO)C(C)Nc1cncc(Br)c1. The van der Waals surface area contributed by atoms with E-state index in [-0.39, 0.29) is 18.6 Å². The number of aliphatic hydroxyl groups excluding tert-OH is 1. The number of aromatic nitrogens is 1. The van der Waals surface area contributed by atoms with Gasteiger partial charge in [0.1, 0.15) is 0 Å². The standard InChI is InChI=1S/C10H15BrN2O/c1-7(6-14)8(2)13-10-3-9(11)4-12-5-10/h3-5,7-8,13-14H,6H2,1-2H3. The van der Waals surface area contributed by atoms with Gasteiger partial charge in [-0.15, -0.1) is 0 Å². The van der Waals surface area contributed by atoms with Gasteiger partial charge in [-0.2, -0.15) is 0 Å². The van der Waals surface area contributed by atoms with Crippen molar-refractivity contribution in [1.82, 2.24) is 4.98 Å². The first-order valence-electron chi connectivity index (χ1n) is 4.61. The molecular weight excluding hydrogens is 244 g/mol. The highest BCUT2D eigenvalue weighted by molar-refractivity contribution is 9.10. The molecule has 1 aromatic rings. The Morgan fingerprint density at radius 1 is 1.50 bits per heavy atom. The summed E-state index contributed by atoms with van der Waals surface area (Å²) >= 11 is 3.35.